The van der Waals surface area contributed by atoms with Gasteiger partial charge in [-0.2, -0.15) is 0 Å². The van der Waals surface area contributed by atoms with Crippen molar-refractivity contribution in [3.8, 4) is 0 Å². The summed E-state index contributed by atoms with van der Waals surface area (Å²) in [6.45, 7) is 5.00. The lowest BCUT2D eigenvalue weighted by molar-refractivity contribution is -0.136. The highest BCUT2D eigenvalue weighted by atomic mass is 16.4. The number of amides is 2. The van der Waals surface area contributed by atoms with E-state index in [4.69, 9.17) is 5.11 Å². The van der Waals surface area contributed by atoms with Crippen molar-refractivity contribution in [1.29, 1.82) is 0 Å². The molecule has 0 atom stereocenters. The number of carboxylic acids is 1. The Morgan fingerprint density at radius 1 is 1.47 bits per heavy atom. The minimum Gasteiger partial charge on any atom is -0.481 e. The third-order valence-corrected chi connectivity index (χ3v) is 2.76. The lowest BCUT2D eigenvalue weighted by Gasteiger charge is -2.31. The summed E-state index contributed by atoms with van der Waals surface area (Å²) >= 11 is 0. The van der Waals surface area contributed by atoms with Gasteiger partial charge < -0.3 is 15.3 Å². The van der Waals surface area contributed by atoms with Crippen LogP contribution in [-0.4, -0.2) is 40.6 Å². The van der Waals surface area contributed by atoms with Crippen molar-refractivity contribution in [3.05, 3.63) is 0 Å². The van der Waals surface area contributed by atoms with Gasteiger partial charge in [0.15, 0.2) is 0 Å². The van der Waals surface area contributed by atoms with Crippen molar-refractivity contribution in [2.45, 2.75) is 38.6 Å². The van der Waals surface area contributed by atoms with E-state index in [0.29, 0.717) is 0 Å². The first-order chi connectivity index (χ1) is 6.93. The molecule has 1 rings (SSSR count). The van der Waals surface area contributed by atoms with Crippen LogP contribution >= 0.6 is 0 Å². The van der Waals surface area contributed by atoms with Gasteiger partial charge in [-0.25, -0.2) is 4.79 Å². The summed E-state index contributed by atoms with van der Waals surface area (Å²) in [4.78, 5) is 23.7. The predicted molar refractivity (Wildman–Crippen MR) is 55.7 cm³/mol. The SMILES string of the molecule is CC1(C)CCCN1C(=O)NCCC(=O)O. The summed E-state index contributed by atoms with van der Waals surface area (Å²) in [5.41, 5.74) is -0.104. The Kier molecular flexibility index (Phi) is 3.55. The number of carbonyl (C=O) groups is 2. The number of urea groups is 1. The molecule has 0 radical (unpaired) electrons. The van der Waals surface area contributed by atoms with Gasteiger partial charge in [0.05, 0.1) is 6.42 Å². The minimum atomic E-state index is -0.893. The second-order valence-electron chi connectivity index (χ2n) is 4.44. The Hall–Kier alpha value is -1.26. The molecule has 1 aliphatic rings. The van der Waals surface area contributed by atoms with Crippen LogP contribution < -0.4 is 5.32 Å². The van der Waals surface area contributed by atoms with E-state index in [1.807, 2.05) is 13.8 Å². The Balaban J connectivity index is 2.37. The first kappa shape index (κ1) is 11.8. The van der Waals surface area contributed by atoms with E-state index in [2.05, 4.69) is 5.32 Å². The number of hydrogen-bond acceptors (Lipinski definition) is 2. The quantitative estimate of drug-likeness (QED) is 0.737. The fourth-order valence-corrected chi connectivity index (χ4v) is 1.86. The van der Waals surface area contributed by atoms with E-state index in [-0.39, 0.29) is 24.5 Å². The maximum absolute atomic E-state index is 11.7. The van der Waals surface area contributed by atoms with Gasteiger partial charge in [0, 0.05) is 18.6 Å². The minimum absolute atomic E-state index is 0.0278. The molecule has 0 aromatic rings. The smallest absolute Gasteiger partial charge is 0.317 e. The Morgan fingerprint density at radius 2 is 2.13 bits per heavy atom. The summed E-state index contributed by atoms with van der Waals surface area (Å²) in [5, 5.41) is 11.0. The molecule has 1 saturated heterocycles. The monoisotopic (exact) mass is 214 g/mol. The summed E-state index contributed by atoms with van der Waals surface area (Å²) < 4.78 is 0. The number of carbonyl (C=O) groups excluding carboxylic acids is 1. The molecule has 86 valence electrons. The standard InChI is InChI=1S/C10H18N2O3/c1-10(2)5-3-7-12(10)9(15)11-6-4-8(13)14/h3-7H2,1-2H3,(H,11,15)(H,13,14). The van der Waals surface area contributed by atoms with Crippen LogP contribution in [0.5, 0.6) is 0 Å². The molecule has 0 saturated carbocycles. The topological polar surface area (TPSA) is 69.6 Å². The molecule has 0 unspecified atom stereocenters. The zero-order valence-electron chi connectivity index (χ0n) is 9.25. The maximum Gasteiger partial charge on any atom is 0.317 e. The number of nitrogens with one attached hydrogen (secondary N) is 1. The molecule has 1 fully saturated rings. The maximum atomic E-state index is 11.7. The van der Waals surface area contributed by atoms with Gasteiger partial charge in [-0.05, 0) is 26.7 Å². The van der Waals surface area contributed by atoms with Crippen LogP contribution in [0.1, 0.15) is 33.1 Å². The normalized spacial score (nSPS) is 18.9. The van der Waals surface area contributed by atoms with Crippen molar-refractivity contribution in [3.63, 3.8) is 0 Å². The molecule has 0 spiro atoms. The van der Waals surface area contributed by atoms with Gasteiger partial charge in [0.25, 0.3) is 0 Å². The number of likely N-dealkylation sites (tertiary alicyclic amines) is 1. The van der Waals surface area contributed by atoms with Crippen molar-refractivity contribution in [1.82, 2.24) is 10.2 Å². The molecule has 2 N–H and O–H groups in total. The van der Waals surface area contributed by atoms with Gasteiger partial charge in [-0.15, -0.1) is 0 Å². The highest BCUT2D eigenvalue weighted by molar-refractivity contribution is 5.76. The highest BCUT2D eigenvalue weighted by Gasteiger charge is 2.35. The molecule has 0 bridgehead atoms. The first-order valence-electron chi connectivity index (χ1n) is 5.21. The fraction of sp³-hybridized carbons (Fsp3) is 0.800. The third-order valence-electron chi connectivity index (χ3n) is 2.76. The van der Waals surface area contributed by atoms with Crippen LogP contribution in [0.2, 0.25) is 0 Å². The van der Waals surface area contributed by atoms with Crippen LogP contribution in [0.3, 0.4) is 0 Å². The van der Waals surface area contributed by atoms with Crippen molar-refractivity contribution >= 4 is 12.0 Å². The van der Waals surface area contributed by atoms with Gasteiger partial charge in [0.2, 0.25) is 0 Å². The van der Waals surface area contributed by atoms with Crippen molar-refractivity contribution in [2.24, 2.45) is 0 Å². The van der Waals surface area contributed by atoms with Gasteiger partial charge in [0.1, 0.15) is 0 Å². The summed E-state index contributed by atoms with van der Waals surface area (Å²) in [6.07, 6.45) is 1.98. The van der Waals surface area contributed by atoms with E-state index >= 15 is 0 Å². The molecule has 1 aliphatic heterocycles. The Bertz CT molecular complexity index is 263. The number of carboxylic acid groups (broad SMARTS) is 1. The average Bonchev–Trinajstić information content (AvgIpc) is 2.44. The Morgan fingerprint density at radius 3 is 2.60 bits per heavy atom. The van der Waals surface area contributed by atoms with Gasteiger partial charge in [-0.1, -0.05) is 0 Å². The van der Waals surface area contributed by atoms with E-state index in [0.717, 1.165) is 19.4 Å². The molecule has 1 heterocycles. The molecule has 5 heteroatoms. The van der Waals surface area contributed by atoms with E-state index in [9.17, 15) is 9.59 Å². The summed E-state index contributed by atoms with van der Waals surface area (Å²) in [5.74, 6) is -0.893. The van der Waals surface area contributed by atoms with Crippen LogP contribution in [0.15, 0.2) is 0 Å². The largest absolute Gasteiger partial charge is 0.481 e. The van der Waals surface area contributed by atoms with Crippen molar-refractivity contribution in [2.75, 3.05) is 13.1 Å². The molecule has 5 nitrogen and oxygen atoms in total. The molecular weight excluding hydrogens is 196 g/mol. The van der Waals surface area contributed by atoms with E-state index in [1.165, 1.54) is 0 Å². The van der Waals surface area contributed by atoms with Gasteiger partial charge >= 0.3 is 12.0 Å². The molecule has 2 amide bonds. The number of hydrogen-bond donors (Lipinski definition) is 2. The Labute approximate surface area is 89.4 Å². The number of nitrogens with zero attached hydrogens (tertiary/aromatic N) is 1. The van der Waals surface area contributed by atoms with E-state index in [1.54, 1.807) is 4.90 Å². The van der Waals surface area contributed by atoms with Crippen molar-refractivity contribution < 1.29 is 14.7 Å². The van der Waals surface area contributed by atoms with Crippen LogP contribution in [0.25, 0.3) is 0 Å². The zero-order chi connectivity index (χ0) is 11.5. The lowest BCUT2D eigenvalue weighted by atomic mass is 10.0. The number of rotatable bonds is 3. The van der Waals surface area contributed by atoms with Gasteiger partial charge in [-0.3, -0.25) is 4.79 Å². The second kappa shape index (κ2) is 4.51. The molecule has 15 heavy (non-hydrogen) atoms. The first-order valence-corrected chi connectivity index (χ1v) is 5.21. The molecule has 0 aliphatic carbocycles. The number of aliphatic carboxylic acids is 1. The third kappa shape index (κ3) is 3.11. The average molecular weight is 214 g/mol. The van der Waals surface area contributed by atoms with Crippen LogP contribution in [0, 0.1) is 0 Å². The van der Waals surface area contributed by atoms with E-state index < -0.39 is 5.97 Å². The second-order valence-corrected chi connectivity index (χ2v) is 4.44. The summed E-state index contributed by atoms with van der Waals surface area (Å²) in [7, 11) is 0. The fourth-order valence-electron chi connectivity index (χ4n) is 1.86. The summed E-state index contributed by atoms with van der Waals surface area (Å²) in [6, 6.07) is -0.154. The van der Waals surface area contributed by atoms with Crippen LogP contribution in [0.4, 0.5) is 4.79 Å². The zero-order valence-corrected chi connectivity index (χ0v) is 9.25. The molecule has 0 aromatic heterocycles. The predicted octanol–water partition coefficient (Wildman–Crippen LogP) is 1.05. The molecule has 0 aromatic carbocycles. The molecular formula is C10H18N2O3. The lowest BCUT2D eigenvalue weighted by Crippen LogP contribution is -2.48. The van der Waals surface area contributed by atoms with Crippen LogP contribution in [-0.2, 0) is 4.79 Å². The highest BCUT2D eigenvalue weighted by Crippen LogP contribution is 2.27.